The minimum atomic E-state index is 0.595. The standard InChI is InChI=1S/C12H19ClN2O/c1-3-16-6-4-5-15-12-8-10(13)11(14)7-9(12)2/h7-8,15H,3-6,14H2,1-2H3. The van der Waals surface area contributed by atoms with Crippen LogP contribution in [0.5, 0.6) is 0 Å². The van der Waals surface area contributed by atoms with Gasteiger partial charge >= 0.3 is 0 Å². The van der Waals surface area contributed by atoms with Crippen LogP contribution in [0.4, 0.5) is 11.4 Å². The number of nitrogens with one attached hydrogen (secondary N) is 1. The molecule has 0 saturated heterocycles. The molecule has 16 heavy (non-hydrogen) atoms. The van der Waals surface area contributed by atoms with Gasteiger partial charge in [0.2, 0.25) is 0 Å². The fourth-order valence-corrected chi connectivity index (χ4v) is 1.60. The summed E-state index contributed by atoms with van der Waals surface area (Å²) in [4.78, 5) is 0. The van der Waals surface area contributed by atoms with E-state index < -0.39 is 0 Å². The molecule has 0 heterocycles. The van der Waals surface area contributed by atoms with Crippen LogP contribution in [-0.4, -0.2) is 19.8 Å². The van der Waals surface area contributed by atoms with Crippen molar-refractivity contribution >= 4 is 23.0 Å². The summed E-state index contributed by atoms with van der Waals surface area (Å²) in [5.41, 5.74) is 8.48. The van der Waals surface area contributed by atoms with Crippen LogP contribution >= 0.6 is 11.6 Å². The molecule has 1 aromatic rings. The SMILES string of the molecule is CCOCCCNc1cc(Cl)c(N)cc1C. The zero-order valence-electron chi connectivity index (χ0n) is 9.85. The lowest BCUT2D eigenvalue weighted by molar-refractivity contribution is 0.147. The van der Waals surface area contributed by atoms with Gasteiger partial charge in [-0.2, -0.15) is 0 Å². The number of nitrogens with two attached hydrogens (primary N) is 1. The second-order valence-electron chi connectivity index (χ2n) is 3.67. The van der Waals surface area contributed by atoms with E-state index in [1.807, 2.05) is 26.0 Å². The van der Waals surface area contributed by atoms with Gasteiger partial charge < -0.3 is 15.8 Å². The first kappa shape index (κ1) is 13.1. The minimum absolute atomic E-state index is 0.595. The van der Waals surface area contributed by atoms with E-state index in [0.29, 0.717) is 10.7 Å². The Hall–Kier alpha value is -0.930. The Balaban J connectivity index is 2.45. The van der Waals surface area contributed by atoms with E-state index in [1.165, 1.54) is 0 Å². The number of hydrogen-bond donors (Lipinski definition) is 2. The van der Waals surface area contributed by atoms with Crippen LogP contribution in [0.15, 0.2) is 12.1 Å². The van der Waals surface area contributed by atoms with E-state index in [4.69, 9.17) is 22.1 Å². The summed E-state index contributed by atoms with van der Waals surface area (Å²) < 4.78 is 5.26. The molecule has 0 spiro atoms. The molecule has 3 N–H and O–H groups in total. The molecule has 0 fully saturated rings. The van der Waals surface area contributed by atoms with Crippen molar-refractivity contribution < 1.29 is 4.74 Å². The predicted molar refractivity (Wildman–Crippen MR) is 70.2 cm³/mol. The molecule has 0 radical (unpaired) electrons. The Morgan fingerprint density at radius 1 is 1.44 bits per heavy atom. The summed E-state index contributed by atoms with van der Waals surface area (Å²) in [5, 5.41) is 3.92. The van der Waals surface area contributed by atoms with E-state index in [0.717, 1.165) is 37.4 Å². The molecule has 3 nitrogen and oxygen atoms in total. The van der Waals surface area contributed by atoms with Crippen molar-refractivity contribution in [1.29, 1.82) is 0 Å². The van der Waals surface area contributed by atoms with E-state index >= 15 is 0 Å². The van der Waals surface area contributed by atoms with Gasteiger partial charge in [0.1, 0.15) is 0 Å². The number of ether oxygens (including phenoxy) is 1. The van der Waals surface area contributed by atoms with Crippen LogP contribution in [-0.2, 0) is 4.74 Å². The first-order chi connectivity index (χ1) is 7.65. The maximum atomic E-state index is 5.96. The Labute approximate surface area is 102 Å². The molecule has 0 aliphatic heterocycles. The summed E-state index contributed by atoms with van der Waals surface area (Å²) >= 11 is 5.96. The fraction of sp³-hybridized carbons (Fsp3) is 0.500. The van der Waals surface area contributed by atoms with Gasteiger partial charge in [0.05, 0.1) is 10.7 Å². The van der Waals surface area contributed by atoms with Gasteiger partial charge in [-0.3, -0.25) is 0 Å². The molecule has 0 aliphatic rings. The minimum Gasteiger partial charge on any atom is -0.398 e. The van der Waals surface area contributed by atoms with Crippen molar-refractivity contribution in [2.45, 2.75) is 20.3 Å². The van der Waals surface area contributed by atoms with Gasteiger partial charge in [0, 0.05) is 25.4 Å². The van der Waals surface area contributed by atoms with E-state index in [-0.39, 0.29) is 0 Å². The molecule has 0 amide bonds. The van der Waals surface area contributed by atoms with Gasteiger partial charge in [0.15, 0.2) is 0 Å². The highest BCUT2D eigenvalue weighted by Gasteiger charge is 2.02. The van der Waals surface area contributed by atoms with Gasteiger partial charge in [-0.25, -0.2) is 0 Å². The molecule has 1 aromatic carbocycles. The molecule has 0 aromatic heterocycles. The normalized spacial score (nSPS) is 10.4. The lowest BCUT2D eigenvalue weighted by Gasteiger charge is -2.11. The fourth-order valence-electron chi connectivity index (χ4n) is 1.44. The first-order valence-electron chi connectivity index (χ1n) is 5.52. The number of rotatable bonds is 6. The Bertz CT molecular complexity index is 342. The summed E-state index contributed by atoms with van der Waals surface area (Å²) in [6, 6.07) is 3.75. The van der Waals surface area contributed by atoms with Crippen molar-refractivity contribution in [3.63, 3.8) is 0 Å². The van der Waals surface area contributed by atoms with Crippen LogP contribution in [0.2, 0.25) is 5.02 Å². The van der Waals surface area contributed by atoms with Crippen LogP contribution < -0.4 is 11.1 Å². The van der Waals surface area contributed by atoms with Crippen LogP contribution in [0.25, 0.3) is 0 Å². The maximum absolute atomic E-state index is 5.96. The highest BCUT2D eigenvalue weighted by Crippen LogP contribution is 2.26. The van der Waals surface area contributed by atoms with E-state index in [2.05, 4.69) is 5.32 Å². The van der Waals surface area contributed by atoms with Gasteiger partial charge in [0.25, 0.3) is 0 Å². The molecule has 0 saturated carbocycles. The van der Waals surface area contributed by atoms with Crippen LogP contribution in [0.1, 0.15) is 18.9 Å². The number of benzene rings is 1. The lowest BCUT2D eigenvalue weighted by Crippen LogP contribution is -2.07. The zero-order chi connectivity index (χ0) is 12.0. The Morgan fingerprint density at radius 2 is 2.19 bits per heavy atom. The van der Waals surface area contributed by atoms with Gasteiger partial charge in [-0.15, -0.1) is 0 Å². The molecule has 4 heteroatoms. The van der Waals surface area contributed by atoms with Crippen molar-refractivity contribution in [2.24, 2.45) is 0 Å². The lowest BCUT2D eigenvalue weighted by atomic mass is 10.2. The number of hydrogen-bond acceptors (Lipinski definition) is 3. The molecular weight excluding hydrogens is 224 g/mol. The number of aryl methyl sites for hydroxylation is 1. The van der Waals surface area contributed by atoms with Crippen molar-refractivity contribution in [1.82, 2.24) is 0 Å². The van der Waals surface area contributed by atoms with Gasteiger partial charge in [-0.05, 0) is 38.0 Å². The third-order valence-corrected chi connectivity index (χ3v) is 2.66. The Morgan fingerprint density at radius 3 is 2.88 bits per heavy atom. The molecule has 0 atom stereocenters. The molecular formula is C12H19ClN2O. The average molecular weight is 243 g/mol. The highest BCUT2D eigenvalue weighted by atomic mass is 35.5. The molecule has 0 aliphatic carbocycles. The number of nitrogen functional groups attached to an aromatic ring is 1. The first-order valence-corrected chi connectivity index (χ1v) is 5.90. The monoisotopic (exact) mass is 242 g/mol. The highest BCUT2D eigenvalue weighted by molar-refractivity contribution is 6.33. The summed E-state index contributed by atoms with van der Waals surface area (Å²) in [7, 11) is 0. The van der Waals surface area contributed by atoms with Crippen molar-refractivity contribution in [3.8, 4) is 0 Å². The maximum Gasteiger partial charge on any atom is 0.0656 e. The topological polar surface area (TPSA) is 47.3 Å². The molecule has 0 bridgehead atoms. The second kappa shape index (κ2) is 6.61. The van der Waals surface area contributed by atoms with Crippen LogP contribution in [0, 0.1) is 6.92 Å². The molecule has 90 valence electrons. The smallest absolute Gasteiger partial charge is 0.0656 e. The average Bonchev–Trinajstić information content (AvgIpc) is 2.25. The third-order valence-electron chi connectivity index (χ3n) is 2.33. The summed E-state index contributed by atoms with van der Waals surface area (Å²) in [5.74, 6) is 0. The summed E-state index contributed by atoms with van der Waals surface area (Å²) in [6.45, 7) is 6.44. The van der Waals surface area contributed by atoms with Crippen molar-refractivity contribution in [2.75, 3.05) is 30.8 Å². The van der Waals surface area contributed by atoms with E-state index in [9.17, 15) is 0 Å². The molecule has 1 rings (SSSR count). The summed E-state index contributed by atoms with van der Waals surface area (Å²) in [6.07, 6.45) is 0.981. The predicted octanol–water partition coefficient (Wildman–Crippen LogP) is 3.07. The second-order valence-corrected chi connectivity index (χ2v) is 4.07. The third kappa shape index (κ3) is 3.91. The largest absolute Gasteiger partial charge is 0.398 e. The number of halogens is 1. The van der Waals surface area contributed by atoms with Crippen LogP contribution in [0.3, 0.4) is 0 Å². The Kier molecular flexibility index (Phi) is 5.43. The molecule has 0 unspecified atom stereocenters. The van der Waals surface area contributed by atoms with E-state index in [1.54, 1.807) is 0 Å². The van der Waals surface area contributed by atoms with Crippen molar-refractivity contribution in [3.05, 3.63) is 22.7 Å². The quantitative estimate of drug-likeness (QED) is 0.595. The van der Waals surface area contributed by atoms with Gasteiger partial charge in [-0.1, -0.05) is 11.6 Å². The number of anilines is 2. The zero-order valence-corrected chi connectivity index (χ0v) is 10.6.